The Morgan fingerprint density at radius 3 is 2.21 bits per heavy atom. The standard InChI is InChI=1S/C32H52O9Si/c1-14-22(34)39-26-24(38-23(35)19-37-11)25-28(6,7)17-16-21(40-42(12,13)27(3,4)5)30(25,9)32(36)20(33)18-29(8,15-2)41-31(26,32)10/h14-15,21,24-26,36H,1-2,16-19H2,3-13H3/t21-,24-,25-,26-,29-,30-,31+,32-/m0/s1. The molecule has 1 saturated heterocycles. The third-order valence-electron chi connectivity index (χ3n) is 10.9. The zero-order valence-corrected chi connectivity index (χ0v) is 28.4. The van der Waals surface area contributed by atoms with Crippen LogP contribution in [0.25, 0.3) is 0 Å². The fourth-order valence-electron chi connectivity index (χ4n) is 7.73. The first kappa shape index (κ1) is 34.6. The van der Waals surface area contributed by atoms with Gasteiger partial charge in [-0.15, -0.1) is 6.58 Å². The first-order chi connectivity index (χ1) is 19.0. The van der Waals surface area contributed by atoms with Crippen LogP contribution >= 0.6 is 0 Å². The smallest absolute Gasteiger partial charge is 0.332 e. The largest absolute Gasteiger partial charge is 0.456 e. The van der Waals surface area contributed by atoms with Crippen molar-refractivity contribution in [1.82, 2.24) is 0 Å². The van der Waals surface area contributed by atoms with E-state index in [0.29, 0.717) is 12.8 Å². The molecule has 0 aromatic carbocycles. The summed E-state index contributed by atoms with van der Waals surface area (Å²) < 4.78 is 31.0. The van der Waals surface area contributed by atoms with E-state index < -0.39 is 77.9 Å². The fraction of sp³-hybridized carbons (Fsp3) is 0.781. The van der Waals surface area contributed by atoms with Crippen molar-refractivity contribution in [3.63, 3.8) is 0 Å². The summed E-state index contributed by atoms with van der Waals surface area (Å²) in [7, 11) is -1.07. The second-order valence-electron chi connectivity index (χ2n) is 15.1. The molecule has 0 aromatic heterocycles. The zero-order chi connectivity index (χ0) is 32.3. The lowest BCUT2D eigenvalue weighted by atomic mass is 9.39. The quantitative estimate of drug-likeness (QED) is 0.177. The first-order valence-corrected chi connectivity index (χ1v) is 17.7. The Morgan fingerprint density at radius 2 is 1.71 bits per heavy atom. The minimum Gasteiger partial charge on any atom is -0.456 e. The van der Waals surface area contributed by atoms with Gasteiger partial charge in [0.15, 0.2) is 25.8 Å². The molecule has 3 fully saturated rings. The molecule has 0 amide bonds. The summed E-state index contributed by atoms with van der Waals surface area (Å²) in [6.07, 6.45) is 0.490. The maximum Gasteiger partial charge on any atom is 0.332 e. The molecule has 2 aliphatic carbocycles. The Morgan fingerprint density at radius 1 is 1.12 bits per heavy atom. The number of aliphatic hydroxyl groups is 1. The van der Waals surface area contributed by atoms with E-state index in [1.54, 1.807) is 13.8 Å². The molecule has 3 aliphatic rings. The number of methoxy groups -OCH3 is 1. The minimum atomic E-state index is -2.45. The summed E-state index contributed by atoms with van der Waals surface area (Å²) >= 11 is 0. The molecule has 10 heteroatoms. The molecule has 42 heavy (non-hydrogen) atoms. The molecule has 1 heterocycles. The lowest BCUT2D eigenvalue weighted by molar-refractivity contribution is -0.369. The summed E-state index contributed by atoms with van der Waals surface area (Å²) in [6.45, 7) is 26.9. The van der Waals surface area contributed by atoms with Gasteiger partial charge in [0.25, 0.3) is 0 Å². The number of Topliss-reactive ketones (excluding diaryl/α,β-unsaturated/α-hetero) is 1. The monoisotopic (exact) mass is 608 g/mol. The Bertz CT molecular complexity index is 1130. The third kappa shape index (κ3) is 5.15. The van der Waals surface area contributed by atoms with Gasteiger partial charge in [-0.05, 0) is 50.2 Å². The van der Waals surface area contributed by atoms with Crippen molar-refractivity contribution in [3.8, 4) is 0 Å². The number of ether oxygens (including phenoxy) is 4. The molecule has 8 atom stereocenters. The molecule has 0 spiro atoms. The Balaban J connectivity index is 2.43. The van der Waals surface area contributed by atoms with Gasteiger partial charge in [-0.2, -0.15) is 0 Å². The van der Waals surface area contributed by atoms with Crippen molar-refractivity contribution in [2.45, 2.75) is 128 Å². The van der Waals surface area contributed by atoms with Crippen LogP contribution in [-0.4, -0.2) is 80.0 Å². The number of rotatable bonds is 8. The van der Waals surface area contributed by atoms with E-state index in [-0.39, 0.29) is 18.1 Å². The van der Waals surface area contributed by atoms with Crippen LogP contribution in [0.2, 0.25) is 18.1 Å². The van der Waals surface area contributed by atoms with Gasteiger partial charge in [0.2, 0.25) is 0 Å². The number of ketones is 1. The van der Waals surface area contributed by atoms with E-state index >= 15 is 0 Å². The van der Waals surface area contributed by atoms with Crippen LogP contribution in [0.5, 0.6) is 0 Å². The number of fused-ring (bicyclic) bond motifs is 3. The highest BCUT2D eigenvalue weighted by Crippen LogP contribution is 2.68. The van der Waals surface area contributed by atoms with Crippen LogP contribution in [0.4, 0.5) is 0 Å². The fourth-order valence-corrected chi connectivity index (χ4v) is 9.16. The maximum absolute atomic E-state index is 14.5. The van der Waals surface area contributed by atoms with Crippen LogP contribution in [-0.2, 0) is 37.8 Å². The topological polar surface area (TPSA) is 118 Å². The summed E-state index contributed by atoms with van der Waals surface area (Å²) in [4.78, 5) is 40.5. The molecule has 1 aliphatic heterocycles. The molecule has 0 unspecified atom stereocenters. The molecule has 238 valence electrons. The van der Waals surface area contributed by atoms with Gasteiger partial charge < -0.3 is 28.5 Å². The summed E-state index contributed by atoms with van der Waals surface area (Å²) in [6, 6.07) is 0. The van der Waals surface area contributed by atoms with Gasteiger partial charge >= 0.3 is 11.9 Å². The van der Waals surface area contributed by atoms with Crippen molar-refractivity contribution >= 4 is 26.0 Å². The maximum atomic E-state index is 14.5. The van der Waals surface area contributed by atoms with E-state index in [1.165, 1.54) is 13.2 Å². The average Bonchev–Trinajstić information content (AvgIpc) is 2.85. The van der Waals surface area contributed by atoms with Crippen LogP contribution in [0.15, 0.2) is 25.3 Å². The van der Waals surface area contributed by atoms with Crippen LogP contribution in [0.3, 0.4) is 0 Å². The first-order valence-electron chi connectivity index (χ1n) is 14.8. The SMILES string of the molecule is C=CC(=O)O[C@H]1[C@@H](OC(=O)COC)[C@H]2C(C)(C)CC[C@H](O[Si](C)(C)C(C)(C)C)[C@]2(C)[C@@]2(O)C(=O)C[C@](C)(C=C)O[C@]12C. The highest BCUT2D eigenvalue weighted by atomic mass is 28.4. The lowest BCUT2D eigenvalue weighted by Crippen LogP contribution is -2.87. The third-order valence-corrected chi connectivity index (χ3v) is 15.3. The van der Waals surface area contributed by atoms with Crippen molar-refractivity contribution in [1.29, 1.82) is 0 Å². The molecule has 1 N–H and O–H groups in total. The number of carbonyl (C=O) groups is 3. The highest BCUT2D eigenvalue weighted by Gasteiger charge is 2.82. The molecule has 3 rings (SSSR count). The molecule has 0 radical (unpaired) electrons. The second-order valence-corrected chi connectivity index (χ2v) is 19.9. The van der Waals surface area contributed by atoms with Gasteiger partial charge in [-0.25, -0.2) is 9.59 Å². The molecule has 9 nitrogen and oxygen atoms in total. The molecule has 2 saturated carbocycles. The number of esters is 2. The van der Waals surface area contributed by atoms with Gasteiger partial charge in [-0.3, -0.25) is 4.79 Å². The molecular formula is C32H52O9Si. The molecule has 0 aromatic rings. The summed E-state index contributed by atoms with van der Waals surface area (Å²) in [5.74, 6) is -2.62. The van der Waals surface area contributed by atoms with Crippen LogP contribution < -0.4 is 0 Å². The Kier molecular flexibility index (Phi) is 9.02. The van der Waals surface area contributed by atoms with Crippen molar-refractivity contribution in [2.24, 2.45) is 16.7 Å². The Hall–Kier alpha value is -1.85. The second kappa shape index (κ2) is 10.9. The van der Waals surface area contributed by atoms with Crippen molar-refractivity contribution in [2.75, 3.05) is 13.7 Å². The van der Waals surface area contributed by atoms with E-state index in [9.17, 15) is 19.5 Å². The molecule has 0 bridgehead atoms. The number of hydrogen-bond donors (Lipinski definition) is 1. The van der Waals surface area contributed by atoms with Crippen molar-refractivity contribution in [3.05, 3.63) is 25.3 Å². The predicted octanol–water partition coefficient (Wildman–Crippen LogP) is 4.91. The number of hydrogen-bond acceptors (Lipinski definition) is 9. The summed E-state index contributed by atoms with van der Waals surface area (Å²) in [5.41, 5.74) is -7.17. The van der Waals surface area contributed by atoms with Gasteiger partial charge in [-0.1, -0.05) is 54.2 Å². The van der Waals surface area contributed by atoms with Crippen LogP contribution in [0, 0.1) is 16.7 Å². The number of carbonyl (C=O) groups excluding carboxylic acids is 3. The summed E-state index contributed by atoms with van der Waals surface area (Å²) in [5, 5.41) is 13.0. The van der Waals surface area contributed by atoms with Gasteiger partial charge in [0.1, 0.15) is 18.3 Å². The van der Waals surface area contributed by atoms with Crippen molar-refractivity contribution < 1.29 is 42.9 Å². The van der Waals surface area contributed by atoms with E-state index in [0.717, 1.165) is 6.08 Å². The molecular weight excluding hydrogens is 556 g/mol. The van der Waals surface area contributed by atoms with E-state index in [1.807, 2.05) is 20.8 Å². The van der Waals surface area contributed by atoms with Crippen LogP contribution in [0.1, 0.15) is 74.7 Å². The highest BCUT2D eigenvalue weighted by molar-refractivity contribution is 6.74. The van der Waals surface area contributed by atoms with E-state index in [2.05, 4.69) is 47.0 Å². The average molecular weight is 609 g/mol. The van der Waals surface area contributed by atoms with Gasteiger partial charge in [0.05, 0.1) is 11.7 Å². The van der Waals surface area contributed by atoms with Gasteiger partial charge in [0, 0.05) is 30.9 Å². The normalized spacial score (nSPS) is 39.9. The predicted molar refractivity (Wildman–Crippen MR) is 161 cm³/mol. The Labute approximate surface area is 252 Å². The lowest BCUT2D eigenvalue weighted by Gasteiger charge is -2.72. The van der Waals surface area contributed by atoms with E-state index in [4.69, 9.17) is 23.4 Å². The zero-order valence-electron chi connectivity index (χ0n) is 27.4. The minimum absolute atomic E-state index is 0.144.